The summed E-state index contributed by atoms with van der Waals surface area (Å²) in [5.74, 6) is 1.37. The summed E-state index contributed by atoms with van der Waals surface area (Å²) in [6.07, 6.45) is 19.9. The molecular weight excluding hydrogens is 956 g/mol. The van der Waals surface area contributed by atoms with Gasteiger partial charge in [0.1, 0.15) is 35.4 Å². The third-order valence-electron chi connectivity index (χ3n) is 13.3. The number of aromatic amines is 1. The van der Waals surface area contributed by atoms with Crippen LogP contribution in [0.1, 0.15) is 154 Å². The van der Waals surface area contributed by atoms with E-state index in [1.54, 1.807) is 14.2 Å². The van der Waals surface area contributed by atoms with Gasteiger partial charge in [-0.3, -0.25) is 14.3 Å². The number of nitrogens with one attached hydrogen (secondary N) is 1. The highest BCUT2D eigenvalue weighted by Crippen LogP contribution is 2.51. The number of unbranched alkanes of at least 4 members (excludes halogenated alkanes) is 12. The highest BCUT2D eigenvalue weighted by molar-refractivity contribution is 7.44. The SMILES string of the molecule is CCCCCCCC/C=C\CCCCCCCCOCCOC1C(OP(OCCC#N)N(C(C)C)C(C)C)[C@H](n2ccc(=O)[nH]c2=O)O[C@@H]1COC(c1ccccc1)(c1ccc(OC)cc1)c1ccc(OC)cc1. The van der Waals surface area contributed by atoms with Gasteiger partial charge in [0.25, 0.3) is 14.1 Å². The molecule has 1 aliphatic heterocycles. The molecule has 1 aromatic heterocycles. The number of benzene rings is 3. The van der Waals surface area contributed by atoms with Crippen molar-refractivity contribution in [3.05, 3.63) is 141 Å². The molecule has 1 fully saturated rings. The first-order valence-corrected chi connectivity index (χ1v) is 28.3. The first-order chi connectivity index (χ1) is 36.1. The molecule has 1 saturated heterocycles. The Morgan fingerprint density at radius 1 is 0.716 bits per heavy atom. The Hall–Kier alpha value is -4.68. The van der Waals surface area contributed by atoms with E-state index >= 15 is 0 Å². The van der Waals surface area contributed by atoms with Gasteiger partial charge in [0, 0.05) is 31.0 Å². The van der Waals surface area contributed by atoms with Crippen LogP contribution >= 0.6 is 8.53 Å². The molecule has 0 bridgehead atoms. The summed E-state index contributed by atoms with van der Waals surface area (Å²) in [6, 6.07) is 28.9. The van der Waals surface area contributed by atoms with Crippen LogP contribution in [0.3, 0.4) is 0 Å². The molecule has 2 heterocycles. The average molecular weight is 1040 g/mol. The van der Waals surface area contributed by atoms with Crippen LogP contribution in [-0.4, -0.2) is 91.9 Å². The van der Waals surface area contributed by atoms with Gasteiger partial charge in [-0.25, -0.2) is 9.46 Å². The molecule has 3 aromatic carbocycles. The molecule has 0 spiro atoms. The number of nitriles is 1. The minimum atomic E-state index is -1.86. The van der Waals surface area contributed by atoms with Crippen molar-refractivity contribution in [1.82, 2.24) is 14.2 Å². The van der Waals surface area contributed by atoms with E-state index in [1.165, 1.54) is 87.5 Å². The fourth-order valence-corrected chi connectivity index (χ4v) is 11.2. The zero-order valence-corrected chi connectivity index (χ0v) is 46.2. The van der Waals surface area contributed by atoms with Crippen molar-refractivity contribution in [3.8, 4) is 17.6 Å². The number of hydrogen-bond donors (Lipinski definition) is 1. The highest BCUT2D eigenvalue weighted by atomic mass is 31.2. The van der Waals surface area contributed by atoms with E-state index in [1.807, 2.05) is 78.9 Å². The molecule has 0 radical (unpaired) electrons. The number of nitrogens with zero attached hydrogens (tertiary/aromatic N) is 3. The third kappa shape index (κ3) is 18.3. The van der Waals surface area contributed by atoms with Gasteiger partial charge in [0.05, 0.1) is 53.1 Å². The average Bonchev–Trinajstić information content (AvgIpc) is 3.74. The van der Waals surface area contributed by atoms with Gasteiger partial charge in [-0.05, 0) is 101 Å². The topological polar surface area (TPSA) is 156 Å². The Balaban J connectivity index is 1.38. The number of ether oxygens (including phenoxy) is 6. The molecular formula is C59H85N4O10P. The maximum atomic E-state index is 13.7. The zero-order chi connectivity index (χ0) is 53.0. The Kier molecular flexibility index (Phi) is 27.1. The lowest BCUT2D eigenvalue weighted by Crippen LogP contribution is -2.43. The molecule has 3 unspecified atom stereocenters. The smallest absolute Gasteiger partial charge is 0.330 e. The van der Waals surface area contributed by atoms with Gasteiger partial charge in [0.2, 0.25) is 0 Å². The van der Waals surface area contributed by atoms with E-state index in [9.17, 15) is 14.9 Å². The number of hydrogen-bond acceptors (Lipinski definition) is 12. The highest BCUT2D eigenvalue weighted by Gasteiger charge is 2.51. The molecule has 74 heavy (non-hydrogen) atoms. The first kappa shape index (κ1) is 60.2. The van der Waals surface area contributed by atoms with Gasteiger partial charge in [-0.1, -0.05) is 131 Å². The van der Waals surface area contributed by atoms with Crippen molar-refractivity contribution in [3.63, 3.8) is 0 Å². The van der Waals surface area contributed by atoms with Gasteiger partial charge in [-0.2, -0.15) is 5.26 Å². The fraction of sp³-hybridized carbons (Fsp3) is 0.576. The molecule has 4 aromatic rings. The Morgan fingerprint density at radius 3 is 1.84 bits per heavy atom. The second kappa shape index (κ2) is 33.4. The van der Waals surface area contributed by atoms with Crippen LogP contribution in [0, 0.1) is 11.3 Å². The quantitative estimate of drug-likeness (QED) is 0.0198. The maximum Gasteiger partial charge on any atom is 0.330 e. The molecule has 14 nitrogen and oxygen atoms in total. The number of aromatic nitrogens is 2. The number of H-pyrrole nitrogens is 1. The predicted octanol–water partition coefficient (Wildman–Crippen LogP) is 12.6. The van der Waals surface area contributed by atoms with Crippen molar-refractivity contribution in [2.75, 3.05) is 47.3 Å². The van der Waals surface area contributed by atoms with Crippen LogP contribution in [0.15, 0.2) is 113 Å². The minimum absolute atomic E-state index is 0.0196. The Bertz CT molecular complexity index is 2280. The summed E-state index contributed by atoms with van der Waals surface area (Å²) in [5.41, 5.74) is 0.0707. The number of methoxy groups -OCH3 is 2. The normalized spacial score (nSPS) is 17.4. The van der Waals surface area contributed by atoms with E-state index < -0.39 is 49.9 Å². The van der Waals surface area contributed by atoms with Crippen molar-refractivity contribution < 1.29 is 37.5 Å². The summed E-state index contributed by atoms with van der Waals surface area (Å²) < 4.78 is 55.5. The summed E-state index contributed by atoms with van der Waals surface area (Å²) in [4.78, 5) is 28.6. The van der Waals surface area contributed by atoms with E-state index in [4.69, 9.17) is 37.5 Å². The Morgan fingerprint density at radius 2 is 1.28 bits per heavy atom. The molecule has 406 valence electrons. The minimum Gasteiger partial charge on any atom is -0.497 e. The maximum absolute atomic E-state index is 13.7. The van der Waals surface area contributed by atoms with Crippen LogP contribution in [0.25, 0.3) is 0 Å². The lowest BCUT2D eigenvalue weighted by Gasteiger charge is -2.38. The van der Waals surface area contributed by atoms with Crippen LogP contribution in [0.5, 0.6) is 11.5 Å². The number of allylic oxidation sites excluding steroid dienone is 2. The summed E-state index contributed by atoms with van der Waals surface area (Å²) in [7, 11) is 1.40. The lowest BCUT2D eigenvalue weighted by molar-refractivity contribution is -0.108. The van der Waals surface area contributed by atoms with Gasteiger partial charge in [0.15, 0.2) is 6.23 Å². The molecule has 1 aliphatic rings. The zero-order valence-electron chi connectivity index (χ0n) is 45.3. The third-order valence-corrected chi connectivity index (χ3v) is 15.4. The molecule has 15 heteroatoms. The van der Waals surface area contributed by atoms with Crippen molar-refractivity contribution in [1.29, 1.82) is 5.26 Å². The van der Waals surface area contributed by atoms with Crippen LogP contribution in [0.2, 0.25) is 0 Å². The van der Waals surface area contributed by atoms with E-state index in [0.717, 1.165) is 36.0 Å². The van der Waals surface area contributed by atoms with E-state index in [-0.39, 0.29) is 38.3 Å². The predicted molar refractivity (Wildman–Crippen MR) is 294 cm³/mol. The second-order valence-electron chi connectivity index (χ2n) is 19.4. The van der Waals surface area contributed by atoms with Gasteiger partial charge >= 0.3 is 5.69 Å². The molecule has 5 rings (SSSR count). The van der Waals surface area contributed by atoms with Crippen LogP contribution in [0.4, 0.5) is 0 Å². The first-order valence-electron chi connectivity index (χ1n) is 27.1. The molecule has 0 aliphatic carbocycles. The summed E-state index contributed by atoms with van der Waals surface area (Å²) in [6.45, 7) is 11.7. The standard InChI is InChI=1S/C59H85N4O10P/c1-8-9-10-11-12-13-14-15-16-17-18-19-20-21-22-26-41-68-43-44-69-55-53(72-57(62-40-38-54(64)61-58(62)65)56(55)73-74(71-42-27-39-60)63(46(2)3)47(4)5)45-70-59(48-28-24-23-25-29-48,49-30-34-51(66-6)35-31-49)50-32-36-52(67-7)37-33-50/h15-16,23-25,28-38,40,46-47,53,55-57H,8-14,17-22,26-27,41-45H2,1-7H3,(H,61,64,65)/b16-15-/t53-,55?,56?,57-,74?/m1/s1. The van der Waals surface area contributed by atoms with Crippen molar-refractivity contribution in [2.24, 2.45) is 0 Å². The van der Waals surface area contributed by atoms with Crippen molar-refractivity contribution >= 4 is 8.53 Å². The largest absolute Gasteiger partial charge is 0.497 e. The van der Waals surface area contributed by atoms with Gasteiger partial charge < -0.3 is 37.5 Å². The summed E-state index contributed by atoms with van der Waals surface area (Å²) >= 11 is 0. The monoisotopic (exact) mass is 1040 g/mol. The summed E-state index contributed by atoms with van der Waals surface area (Å²) in [5, 5.41) is 9.53. The molecule has 0 amide bonds. The van der Waals surface area contributed by atoms with Crippen LogP contribution < -0.4 is 20.7 Å². The Labute approximate surface area is 442 Å². The molecule has 1 N–H and O–H groups in total. The van der Waals surface area contributed by atoms with Crippen molar-refractivity contribution in [2.45, 2.75) is 173 Å². The van der Waals surface area contributed by atoms with Gasteiger partial charge in [-0.15, -0.1) is 0 Å². The fourth-order valence-electron chi connectivity index (χ4n) is 9.48. The van der Waals surface area contributed by atoms with E-state index in [0.29, 0.717) is 24.7 Å². The van der Waals surface area contributed by atoms with E-state index in [2.05, 4.69) is 62.5 Å². The number of rotatable bonds is 37. The molecule has 0 saturated carbocycles. The molecule has 5 atom stereocenters. The lowest BCUT2D eigenvalue weighted by atomic mass is 9.80. The second-order valence-corrected chi connectivity index (χ2v) is 20.8. The van der Waals surface area contributed by atoms with Crippen LogP contribution in [-0.2, 0) is 33.6 Å².